The van der Waals surface area contributed by atoms with Crippen LogP contribution in [0.15, 0.2) is 0 Å². The van der Waals surface area contributed by atoms with E-state index in [2.05, 4.69) is 24.1 Å². The fourth-order valence-corrected chi connectivity index (χ4v) is 3.27. The molecule has 100 valence electrons. The minimum atomic E-state index is -0.439. The van der Waals surface area contributed by atoms with Gasteiger partial charge in [-0.2, -0.15) is 0 Å². The summed E-state index contributed by atoms with van der Waals surface area (Å²) in [6.07, 6.45) is 5.28. The number of aryl methyl sites for hydroxylation is 2. The van der Waals surface area contributed by atoms with Crippen molar-refractivity contribution in [2.45, 2.75) is 52.0 Å². The molecule has 1 heterocycles. The summed E-state index contributed by atoms with van der Waals surface area (Å²) >= 11 is 1.60. The second kappa shape index (κ2) is 5.80. The van der Waals surface area contributed by atoms with Crippen molar-refractivity contribution in [2.75, 3.05) is 5.32 Å². The number of nitrogens with two attached hydrogens (primary N) is 1. The van der Waals surface area contributed by atoms with E-state index in [-0.39, 0.29) is 5.91 Å². The van der Waals surface area contributed by atoms with Gasteiger partial charge >= 0.3 is 0 Å². The summed E-state index contributed by atoms with van der Waals surface area (Å²) in [7, 11) is 0. The number of hydrogen-bond acceptors (Lipinski definition) is 4. The van der Waals surface area contributed by atoms with Crippen LogP contribution in [0.3, 0.4) is 0 Å². The lowest BCUT2D eigenvalue weighted by atomic mass is 10.0. The number of thiazole rings is 1. The Morgan fingerprint density at radius 3 is 2.83 bits per heavy atom. The summed E-state index contributed by atoms with van der Waals surface area (Å²) in [6, 6.07) is -0.439. The minimum absolute atomic E-state index is 0.116. The highest BCUT2D eigenvalue weighted by Crippen LogP contribution is 2.29. The number of anilines is 1. The number of fused-ring (bicyclic) bond motifs is 1. The lowest BCUT2D eigenvalue weighted by Crippen LogP contribution is -2.36. The number of nitrogens with zero attached hydrogens (tertiary/aromatic N) is 1. The first-order chi connectivity index (χ1) is 8.56. The van der Waals surface area contributed by atoms with E-state index in [1.54, 1.807) is 11.3 Å². The van der Waals surface area contributed by atoms with Crippen molar-refractivity contribution in [3.63, 3.8) is 0 Å². The number of aromatic nitrogens is 1. The van der Waals surface area contributed by atoms with Crippen molar-refractivity contribution >= 4 is 22.4 Å². The lowest BCUT2D eigenvalue weighted by Gasteiger charge is -2.12. The molecular formula is C13H21N3OS. The highest BCUT2D eigenvalue weighted by Gasteiger charge is 2.19. The summed E-state index contributed by atoms with van der Waals surface area (Å²) in [5.74, 6) is 0.310. The third-order valence-corrected chi connectivity index (χ3v) is 4.21. The second-order valence-corrected chi connectivity index (χ2v) is 6.40. The summed E-state index contributed by atoms with van der Waals surface area (Å²) in [5.41, 5.74) is 7.02. The molecule has 0 fully saturated rings. The van der Waals surface area contributed by atoms with Crippen LogP contribution in [0.2, 0.25) is 0 Å². The van der Waals surface area contributed by atoms with Crippen LogP contribution in [0.1, 0.15) is 43.7 Å². The molecule has 1 aromatic rings. The summed E-state index contributed by atoms with van der Waals surface area (Å²) in [6.45, 7) is 4.13. The van der Waals surface area contributed by atoms with Crippen molar-refractivity contribution in [3.8, 4) is 0 Å². The van der Waals surface area contributed by atoms with Gasteiger partial charge in [-0.25, -0.2) is 4.98 Å². The normalized spacial score (nSPS) is 16.4. The fraction of sp³-hybridized carbons (Fsp3) is 0.692. The maximum Gasteiger partial charge on any atom is 0.243 e. The third kappa shape index (κ3) is 3.29. The number of nitrogens with one attached hydrogen (secondary N) is 1. The molecule has 1 aliphatic carbocycles. The molecule has 0 unspecified atom stereocenters. The average Bonchev–Trinajstić information content (AvgIpc) is 2.69. The van der Waals surface area contributed by atoms with Gasteiger partial charge in [0.25, 0.3) is 0 Å². The number of amides is 1. The van der Waals surface area contributed by atoms with E-state index >= 15 is 0 Å². The van der Waals surface area contributed by atoms with Crippen LogP contribution in [0, 0.1) is 5.92 Å². The van der Waals surface area contributed by atoms with Crippen molar-refractivity contribution in [2.24, 2.45) is 11.7 Å². The molecule has 0 bridgehead atoms. The van der Waals surface area contributed by atoms with Gasteiger partial charge in [-0.1, -0.05) is 13.8 Å². The third-order valence-electron chi connectivity index (χ3n) is 3.14. The Morgan fingerprint density at radius 2 is 2.17 bits per heavy atom. The Balaban J connectivity index is 1.96. The van der Waals surface area contributed by atoms with Crippen LogP contribution in [0.5, 0.6) is 0 Å². The molecule has 1 atom stereocenters. The topological polar surface area (TPSA) is 68.0 Å². The van der Waals surface area contributed by atoms with Crippen LogP contribution in [-0.4, -0.2) is 16.9 Å². The van der Waals surface area contributed by atoms with Crippen molar-refractivity contribution in [3.05, 3.63) is 10.6 Å². The van der Waals surface area contributed by atoms with E-state index in [4.69, 9.17) is 5.73 Å². The van der Waals surface area contributed by atoms with Crippen molar-refractivity contribution < 1.29 is 4.79 Å². The summed E-state index contributed by atoms with van der Waals surface area (Å²) < 4.78 is 0. The molecule has 1 aliphatic rings. The molecule has 0 aromatic carbocycles. The number of hydrogen-bond donors (Lipinski definition) is 2. The van der Waals surface area contributed by atoms with Gasteiger partial charge in [0.1, 0.15) is 0 Å². The van der Waals surface area contributed by atoms with Crippen molar-refractivity contribution in [1.29, 1.82) is 0 Å². The molecule has 4 nitrogen and oxygen atoms in total. The maximum atomic E-state index is 11.9. The SMILES string of the molecule is CC(C)C[C@@H](N)C(=O)Nc1nc2c(s1)CCCC2. The van der Waals surface area contributed by atoms with Gasteiger partial charge in [-0.15, -0.1) is 11.3 Å². The van der Waals surface area contributed by atoms with Gasteiger partial charge in [-0.05, 0) is 38.0 Å². The van der Waals surface area contributed by atoms with Crippen LogP contribution < -0.4 is 11.1 Å². The standard InChI is InChI=1S/C13H21N3OS/c1-8(2)7-9(14)12(17)16-13-15-10-5-3-4-6-11(10)18-13/h8-9H,3-7,14H2,1-2H3,(H,15,16,17)/t9-/m1/s1. The quantitative estimate of drug-likeness (QED) is 0.879. The molecule has 0 spiro atoms. The first-order valence-corrected chi connectivity index (χ1v) is 7.43. The molecule has 3 N–H and O–H groups in total. The van der Waals surface area contributed by atoms with Gasteiger partial charge in [-0.3, -0.25) is 4.79 Å². The predicted molar refractivity (Wildman–Crippen MR) is 74.8 cm³/mol. The molecule has 0 saturated carbocycles. The van der Waals surface area contributed by atoms with E-state index in [0.717, 1.165) is 12.8 Å². The Hall–Kier alpha value is -0.940. The molecule has 18 heavy (non-hydrogen) atoms. The summed E-state index contributed by atoms with van der Waals surface area (Å²) in [5, 5.41) is 3.56. The fourth-order valence-electron chi connectivity index (χ4n) is 2.22. The van der Waals surface area contributed by atoms with Crippen LogP contribution in [-0.2, 0) is 17.6 Å². The van der Waals surface area contributed by atoms with E-state index in [9.17, 15) is 4.79 Å². The summed E-state index contributed by atoms with van der Waals surface area (Å²) in [4.78, 5) is 17.7. The molecule has 1 amide bonds. The largest absolute Gasteiger partial charge is 0.320 e. The Kier molecular flexibility index (Phi) is 4.35. The van der Waals surface area contributed by atoms with E-state index in [1.807, 2.05) is 0 Å². The first kappa shape index (κ1) is 13.5. The smallest absolute Gasteiger partial charge is 0.243 e. The zero-order valence-corrected chi connectivity index (χ0v) is 11.8. The molecule has 0 aliphatic heterocycles. The maximum absolute atomic E-state index is 11.9. The predicted octanol–water partition coefficient (Wildman–Crippen LogP) is 2.33. The van der Waals surface area contributed by atoms with E-state index < -0.39 is 6.04 Å². The van der Waals surface area contributed by atoms with Gasteiger partial charge in [0.15, 0.2) is 5.13 Å². The van der Waals surface area contributed by atoms with Gasteiger partial charge in [0.2, 0.25) is 5.91 Å². The number of rotatable bonds is 4. The minimum Gasteiger partial charge on any atom is -0.320 e. The van der Waals surface area contributed by atoms with Crippen LogP contribution in [0.4, 0.5) is 5.13 Å². The zero-order chi connectivity index (χ0) is 13.1. The van der Waals surface area contributed by atoms with Gasteiger partial charge < -0.3 is 11.1 Å². The zero-order valence-electron chi connectivity index (χ0n) is 11.0. The van der Waals surface area contributed by atoms with Crippen LogP contribution >= 0.6 is 11.3 Å². The second-order valence-electron chi connectivity index (χ2n) is 5.32. The molecule has 5 heteroatoms. The Bertz CT molecular complexity index is 404. The van der Waals surface area contributed by atoms with E-state index in [0.29, 0.717) is 17.5 Å². The Labute approximate surface area is 112 Å². The number of carbonyl (C=O) groups excluding carboxylic acids is 1. The monoisotopic (exact) mass is 267 g/mol. The Morgan fingerprint density at radius 1 is 1.44 bits per heavy atom. The number of carbonyl (C=O) groups is 1. The van der Waals surface area contributed by atoms with Crippen molar-refractivity contribution in [1.82, 2.24) is 4.98 Å². The molecule has 0 saturated heterocycles. The molecule has 2 rings (SSSR count). The highest BCUT2D eigenvalue weighted by molar-refractivity contribution is 7.15. The van der Waals surface area contributed by atoms with Gasteiger partial charge in [0.05, 0.1) is 11.7 Å². The average molecular weight is 267 g/mol. The highest BCUT2D eigenvalue weighted by atomic mass is 32.1. The molecule has 0 radical (unpaired) electrons. The first-order valence-electron chi connectivity index (χ1n) is 6.61. The molecule has 1 aromatic heterocycles. The van der Waals surface area contributed by atoms with E-state index in [1.165, 1.54) is 23.4 Å². The van der Waals surface area contributed by atoms with Crippen LogP contribution in [0.25, 0.3) is 0 Å². The lowest BCUT2D eigenvalue weighted by molar-refractivity contribution is -0.117. The molecular weight excluding hydrogens is 246 g/mol. The van der Waals surface area contributed by atoms with Gasteiger partial charge in [0, 0.05) is 4.88 Å².